The number of para-hydroxylation sites is 1. The van der Waals surface area contributed by atoms with Crippen LogP contribution in [0.15, 0.2) is 36.4 Å². The van der Waals surface area contributed by atoms with Crippen molar-refractivity contribution in [3.8, 4) is 0 Å². The van der Waals surface area contributed by atoms with Crippen molar-refractivity contribution in [2.75, 3.05) is 4.90 Å². The zero-order valence-corrected chi connectivity index (χ0v) is 14.9. The van der Waals surface area contributed by atoms with Crippen molar-refractivity contribution in [2.24, 2.45) is 0 Å². The number of benzene rings is 2. The van der Waals surface area contributed by atoms with E-state index in [1.165, 1.54) is 11.8 Å². The van der Waals surface area contributed by atoms with Crippen LogP contribution < -0.4 is 10.2 Å². The molecule has 4 nitrogen and oxygen atoms in total. The van der Waals surface area contributed by atoms with Gasteiger partial charge in [-0.3, -0.25) is 9.59 Å². The highest BCUT2D eigenvalue weighted by Gasteiger charge is 2.39. The van der Waals surface area contributed by atoms with Crippen molar-refractivity contribution in [3.05, 3.63) is 62.6 Å². The first-order chi connectivity index (χ1) is 11.4. The van der Waals surface area contributed by atoms with Gasteiger partial charge in [0, 0.05) is 22.5 Å². The molecule has 0 saturated heterocycles. The van der Waals surface area contributed by atoms with Crippen LogP contribution in [0.5, 0.6) is 0 Å². The minimum absolute atomic E-state index is 0.238. The van der Waals surface area contributed by atoms with Gasteiger partial charge in [-0.25, -0.2) is 0 Å². The van der Waals surface area contributed by atoms with E-state index in [-0.39, 0.29) is 18.4 Å². The van der Waals surface area contributed by atoms with Crippen LogP contribution in [0.2, 0.25) is 15.1 Å². The van der Waals surface area contributed by atoms with Gasteiger partial charge < -0.3 is 10.2 Å². The topological polar surface area (TPSA) is 49.4 Å². The second kappa shape index (κ2) is 6.63. The summed E-state index contributed by atoms with van der Waals surface area (Å²) >= 11 is 18.4. The van der Waals surface area contributed by atoms with Gasteiger partial charge in [0.1, 0.15) is 6.04 Å². The van der Waals surface area contributed by atoms with Crippen LogP contribution in [0, 0.1) is 0 Å². The van der Waals surface area contributed by atoms with Gasteiger partial charge in [-0.05, 0) is 23.8 Å². The molecule has 0 radical (unpaired) electrons. The lowest BCUT2D eigenvalue weighted by Crippen LogP contribution is -2.36. The number of hydrogen-bond donors (Lipinski definition) is 1. The molecule has 0 unspecified atom stereocenters. The van der Waals surface area contributed by atoms with Crippen LogP contribution in [-0.2, 0) is 16.1 Å². The second-order valence-electron chi connectivity index (χ2n) is 5.47. The average Bonchev–Trinajstić information content (AvgIpc) is 2.76. The van der Waals surface area contributed by atoms with Crippen LogP contribution in [0.3, 0.4) is 0 Å². The number of carbonyl (C=O) groups is 2. The SMILES string of the molecule is CC(=O)N[C@H]1C(=O)N(Cc2ccc(Cl)cc2Cl)c2c(Cl)cccc21. The van der Waals surface area contributed by atoms with E-state index in [1.54, 1.807) is 36.4 Å². The first-order valence-corrected chi connectivity index (χ1v) is 8.32. The first kappa shape index (κ1) is 17.1. The maximum absolute atomic E-state index is 12.8. The lowest BCUT2D eigenvalue weighted by Gasteiger charge is -2.20. The Bertz CT molecular complexity index is 839. The molecule has 1 N–H and O–H groups in total. The van der Waals surface area contributed by atoms with E-state index in [2.05, 4.69) is 5.32 Å². The standard InChI is InChI=1S/C17H13Cl3N2O2/c1-9(23)21-15-12-3-2-4-13(19)16(12)22(17(15)24)8-10-5-6-11(18)7-14(10)20/h2-7,15H,8H2,1H3,(H,21,23)/t15-/m1/s1. The summed E-state index contributed by atoms with van der Waals surface area (Å²) in [5.41, 5.74) is 2.01. The highest BCUT2D eigenvalue weighted by Crippen LogP contribution is 2.42. The molecule has 0 aromatic heterocycles. The number of rotatable bonds is 3. The highest BCUT2D eigenvalue weighted by atomic mass is 35.5. The van der Waals surface area contributed by atoms with Crippen molar-refractivity contribution in [2.45, 2.75) is 19.5 Å². The number of hydrogen-bond acceptors (Lipinski definition) is 2. The van der Waals surface area contributed by atoms with E-state index >= 15 is 0 Å². The molecule has 1 aliphatic rings. The van der Waals surface area contributed by atoms with Crippen LogP contribution in [0.25, 0.3) is 0 Å². The molecule has 0 spiro atoms. The minimum atomic E-state index is -0.748. The summed E-state index contributed by atoms with van der Waals surface area (Å²) in [6, 6.07) is 9.59. The van der Waals surface area contributed by atoms with E-state index in [1.807, 2.05) is 0 Å². The molecule has 7 heteroatoms. The largest absolute Gasteiger partial charge is 0.341 e. The van der Waals surface area contributed by atoms with Crippen LogP contribution in [0.4, 0.5) is 5.69 Å². The molecule has 1 atom stereocenters. The van der Waals surface area contributed by atoms with Crippen LogP contribution in [-0.4, -0.2) is 11.8 Å². The van der Waals surface area contributed by atoms with Crippen molar-refractivity contribution in [1.29, 1.82) is 0 Å². The number of halogens is 3. The molecule has 0 fully saturated rings. The summed E-state index contributed by atoms with van der Waals surface area (Å²) in [7, 11) is 0. The third-order valence-electron chi connectivity index (χ3n) is 3.80. The summed E-state index contributed by atoms with van der Waals surface area (Å²) in [6.07, 6.45) is 0. The van der Waals surface area contributed by atoms with Gasteiger partial charge in [-0.2, -0.15) is 0 Å². The molecule has 1 heterocycles. The molecule has 1 aliphatic heterocycles. The van der Waals surface area contributed by atoms with Gasteiger partial charge >= 0.3 is 0 Å². The van der Waals surface area contributed by atoms with Gasteiger partial charge in [0.05, 0.1) is 17.3 Å². The summed E-state index contributed by atoms with van der Waals surface area (Å²) < 4.78 is 0. The van der Waals surface area contributed by atoms with Gasteiger partial charge in [-0.15, -0.1) is 0 Å². The molecule has 0 bridgehead atoms. The summed E-state index contributed by atoms with van der Waals surface area (Å²) in [6.45, 7) is 1.61. The van der Waals surface area contributed by atoms with Crippen molar-refractivity contribution in [3.63, 3.8) is 0 Å². The Hall–Kier alpha value is -1.75. The quantitative estimate of drug-likeness (QED) is 0.855. The van der Waals surface area contributed by atoms with Gasteiger partial charge in [0.15, 0.2) is 0 Å². The van der Waals surface area contributed by atoms with Gasteiger partial charge in [0.25, 0.3) is 5.91 Å². The molecule has 124 valence electrons. The monoisotopic (exact) mass is 382 g/mol. The Morgan fingerprint density at radius 1 is 1.17 bits per heavy atom. The molecule has 2 aromatic rings. The molecule has 0 aliphatic carbocycles. The number of anilines is 1. The Kier molecular flexibility index (Phi) is 4.72. The molecule has 3 rings (SSSR count). The first-order valence-electron chi connectivity index (χ1n) is 7.19. The fourth-order valence-corrected chi connectivity index (χ4v) is 3.52. The fraction of sp³-hybridized carbons (Fsp3) is 0.176. The third-order valence-corrected chi connectivity index (χ3v) is 4.70. The fourth-order valence-electron chi connectivity index (χ4n) is 2.77. The predicted octanol–water partition coefficient (Wildman–Crippen LogP) is 4.37. The van der Waals surface area contributed by atoms with E-state index in [9.17, 15) is 9.59 Å². The van der Waals surface area contributed by atoms with Crippen molar-refractivity contribution < 1.29 is 9.59 Å². The molecular formula is C17H13Cl3N2O2. The smallest absolute Gasteiger partial charge is 0.254 e. The summed E-state index contributed by atoms with van der Waals surface area (Å²) in [5.74, 6) is -0.537. The summed E-state index contributed by atoms with van der Waals surface area (Å²) in [5, 5.41) is 4.10. The van der Waals surface area contributed by atoms with E-state index < -0.39 is 6.04 Å². The molecular weight excluding hydrogens is 371 g/mol. The molecule has 0 saturated carbocycles. The zero-order chi connectivity index (χ0) is 17.4. The van der Waals surface area contributed by atoms with Gasteiger partial charge in [0.2, 0.25) is 5.91 Å². The minimum Gasteiger partial charge on any atom is -0.341 e. The normalized spacial score (nSPS) is 16.2. The lowest BCUT2D eigenvalue weighted by atomic mass is 10.1. The van der Waals surface area contributed by atoms with E-state index in [4.69, 9.17) is 34.8 Å². The number of nitrogens with one attached hydrogen (secondary N) is 1. The maximum atomic E-state index is 12.8. The molecule has 24 heavy (non-hydrogen) atoms. The number of carbonyl (C=O) groups excluding carboxylic acids is 2. The Labute approximate surface area is 154 Å². The van der Waals surface area contributed by atoms with Crippen molar-refractivity contribution in [1.82, 2.24) is 5.32 Å². The van der Waals surface area contributed by atoms with Crippen LogP contribution >= 0.6 is 34.8 Å². The zero-order valence-electron chi connectivity index (χ0n) is 12.6. The second-order valence-corrected chi connectivity index (χ2v) is 6.72. The number of nitrogens with zero attached hydrogens (tertiary/aromatic N) is 1. The Morgan fingerprint density at radius 2 is 1.92 bits per heavy atom. The Morgan fingerprint density at radius 3 is 2.58 bits per heavy atom. The highest BCUT2D eigenvalue weighted by molar-refractivity contribution is 6.35. The summed E-state index contributed by atoms with van der Waals surface area (Å²) in [4.78, 5) is 25.8. The molecule has 2 aromatic carbocycles. The van der Waals surface area contributed by atoms with Crippen molar-refractivity contribution >= 4 is 52.3 Å². The van der Waals surface area contributed by atoms with Crippen LogP contribution in [0.1, 0.15) is 24.1 Å². The number of fused-ring (bicyclic) bond motifs is 1. The van der Waals surface area contributed by atoms with E-state index in [0.29, 0.717) is 26.3 Å². The van der Waals surface area contributed by atoms with Gasteiger partial charge in [-0.1, -0.05) is 53.0 Å². The average molecular weight is 384 g/mol. The Balaban J connectivity index is 2.02. The lowest BCUT2D eigenvalue weighted by molar-refractivity contribution is -0.126. The third kappa shape index (κ3) is 3.09. The molecule has 2 amide bonds. The number of amides is 2. The predicted molar refractivity (Wildman–Crippen MR) is 95.7 cm³/mol. The maximum Gasteiger partial charge on any atom is 0.254 e. The van der Waals surface area contributed by atoms with E-state index in [0.717, 1.165) is 5.56 Å².